The first-order chi connectivity index (χ1) is 18.9. The lowest BCUT2D eigenvalue weighted by Crippen LogP contribution is -2.13. The lowest BCUT2D eigenvalue weighted by Gasteiger charge is -2.33. The largest absolute Gasteiger partial charge is 0.350 e. The highest BCUT2D eigenvalue weighted by Gasteiger charge is 2.54. The minimum atomic E-state index is -4.10. The fourth-order valence-electron chi connectivity index (χ4n) is 4.07. The fourth-order valence-corrected chi connectivity index (χ4v) is 14.9. The molecule has 0 aliphatic rings. The molecule has 12 nitrogen and oxygen atoms in total. The zero-order valence-electron chi connectivity index (χ0n) is 24.8. The molecule has 0 aromatic heterocycles. The summed E-state index contributed by atoms with van der Waals surface area (Å²) in [5.41, 5.74) is 0.506. The molecule has 0 heterocycles. The third-order valence-electron chi connectivity index (χ3n) is 5.20. The first kappa shape index (κ1) is 37.8. The second-order valence-electron chi connectivity index (χ2n) is 7.92. The number of benzene rings is 1. The van der Waals surface area contributed by atoms with E-state index in [0.717, 1.165) is 0 Å². The maximum absolute atomic E-state index is 14.0. The Kier molecular flexibility index (Phi) is 16.9. The lowest BCUT2D eigenvalue weighted by molar-refractivity contribution is 0.193. The van der Waals surface area contributed by atoms with Crippen LogP contribution in [0.25, 0.3) is 0 Å². The Labute approximate surface area is 239 Å². The predicted octanol–water partition coefficient (Wildman–Crippen LogP) is 8.75. The van der Waals surface area contributed by atoms with Crippen molar-refractivity contribution in [2.75, 3.05) is 52.9 Å². The molecule has 1 aromatic rings. The fraction of sp³-hybridized carbons (Fsp3) is 0.750. The van der Waals surface area contributed by atoms with Gasteiger partial charge in [-0.3, -0.25) is 18.3 Å². The normalized spacial score (nSPS) is 13.4. The Morgan fingerprint density at radius 3 is 0.675 bits per heavy atom. The van der Waals surface area contributed by atoms with Gasteiger partial charge in [0.2, 0.25) is 0 Å². The van der Waals surface area contributed by atoms with Crippen molar-refractivity contribution in [3.8, 4) is 0 Å². The van der Waals surface area contributed by atoms with Crippen LogP contribution in [0.2, 0.25) is 0 Å². The summed E-state index contributed by atoms with van der Waals surface area (Å²) in [6, 6.07) is 5.97. The first-order valence-corrected chi connectivity index (χ1v) is 20.0. The van der Waals surface area contributed by atoms with Crippen LogP contribution in [0, 0.1) is 0 Å². The number of hydrogen-bond donors (Lipinski definition) is 0. The van der Waals surface area contributed by atoms with E-state index in [0.29, 0.717) is 0 Å². The molecule has 0 bridgehead atoms. The van der Waals surface area contributed by atoms with Gasteiger partial charge in [0.25, 0.3) is 0 Å². The van der Waals surface area contributed by atoms with Crippen LogP contribution < -0.4 is 0 Å². The van der Waals surface area contributed by atoms with Crippen LogP contribution in [-0.2, 0) is 54.5 Å². The lowest BCUT2D eigenvalue weighted by atomic mass is 10.2. The van der Waals surface area contributed by atoms with E-state index in [-0.39, 0.29) is 64.0 Å². The minimum absolute atomic E-state index is 0.0178. The molecule has 40 heavy (non-hydrogen) atoms. The summed E-state index contributed by atoms with van der Waals surface area (Å²) in [5.74, 6) is 0. The maximum atomic E-state index is 14.0. The molecule has 0 fully saturated rings. The molecule has 0 radical (unpaired) electrons. The van der Waals surface area contributed by atoms with Gasteiger partial charge in [0.1, 0.15) is 0 Å². The van der Waals surface area contributed by atoms with Gasteiger partial charge in [-0.2, -0.15) is 0 Å². The highest BCUT2D eigenvalue weighted by atomic mass is 31.2. The summed E-state index contributed by atoms with van der Waals surface area (Å²) in [6.07, 6.45) is 0. The molecule has 0 amide bonds. The maximum Gasteiger partial charge on any atom is 0.350 e. The van der Waals surface area contributed by atoms with Crippen molar-refractivity contribution in [2.45, 2.75) is 66.2 Å². The molecule has 0 saturated heterocycles. The summed E-state index contributed by atoms with van der Waals surface area (Å²) >= 11 is 0. The highest BCUT2D eigenvalue weighted by Crippen LogP contribution is 2.80. The van der Waals surface area contributed by atoms with Crippen LogP contribution in [0.15, 0.2) is 24.3 Å². The molecule has 0 aliphatic carbocycles. The quantitative estimate of drug-likeness (QED) is 0.111. The van der Waals surface area contributed by atoms with Gasteiger partial charge in [0.15, 0.2) is 10.8 Å². The van der Waals surface area contributed by atoms with Crippen molar-refractivity contribution in [3.05, 3.63) is 35.4 Å². The summed E-state index contributed by atoms with van der Waals surface area (Å²) in [6.45, 7) is 13.3. The van der Waals surface area contributed by atoms with Gasteiger partial charge >= 0.3 is 30.4 Å². The Hall–Kier alpha value is -0.180. The molecule has 0 spiro atoms. The van der Waals surface area contributed by atoms with Crippen molar-refractivity contribution >= 4 is 30.4 Å². The van der Waals surface area contributed by atoms with E-state index in [1.807, 2.05) is 0 Å². The zero-order chi connectivity index (χ0) is 30.5. The van der Waals surface area contributed by atoms with E-state index in [2.05, 4.69) is 0 Å². The third kappa shape index (κ3) is 9.41. The van der Waals surface area contributed by atoms with Crippen LogP contribution in [0.5, 0.6) is 0 Å². The summed E-state index contributed by atoms with van der Waals surface area (Å²) in [4.78, 5) is 0. The van der Waals surface area contributed by atoms with Crippen LogP contribution in [0.3, 0.4) is 0 Å². The first-order valence-electron chi connectivity index (χ1n) is 13.6. The van der Waals surface area contributed by atoms with Crippen LogP contribution in [-0.4, -0.2) is 52.9 Å². The van der Waals surface area contributed by atoms with Crippen LogP contribution in [0.1, 0.15) is 77.3 Å². The van der Waals surface area contributed by atoms with E-state index >= 15 is 0 Å². The molecule has 16 heteroatoms. The highest BCUT2D eigenvalue weighted by molar-refractivity contribution is 7.72. The van der Waals surface area contributed by atoms with E-state index in [1.165, 1.54) is 24.3 Å². The molecule has 0 saturated carbocycles. The van der Waals surface area contributed by atoms with E-state index in [1.54, 1.807) is 55.4 Å². The van der Waals surface area contributed by atoms with Crippen molar-refractivity contribution in [1.29, 1.82) is 0 Å². The second-order valence-corrected chi connectivity index (χ2v) is 17.2. The van der Waals surface area contributed by atoms with Crippen molar-refractivity contribution < 1.29 is 54.5 Å². The second kappa shape index (κ2) is 17.8. The zero-order valence-corrected chi connectivity index (χ0v) is 28.4. The summed E-state index contributed by atoms with van der Waals surface area (Å²) in [5, 5.41) is -2.85. The Balaban J connectivity index is 3.94. The molecule has 234 valence electrons. The van der Waals surface area contributed by atoms with E-state index in [9.17, 15) is 18.3 Å². The van der Waals surface area contributed by atoms with Gasteiger partial charge in [0.05, 0.1) is 52.9 Å². The molecule has 0 unspecified atom stereocenters. The predicted molar refractivity (Wildman–Crippen MR) is 155 cm³/mol. The Morgan fingerprint density at radius 2 is 0.550 bits per heavy atom. The molecule has 0 atom stereocenters. The molecule has 1 aromatic carbocycles. The molecule has 1 rings (SSSR count). The molecular weight excluding hydrogens is 604 g/mol. The molecular formula is C24H46O12P4. The van der Waals surface area contributed by atoms with E-state index in [4.69, 9.17) is 36.2 Å². The minimum Gasteiger partial charge on any atom is -0.308 e. The average molecular weight is 651 g/mol. The molecule has 0 N–H and O–H groups in total. The number of hydrogen-bond acceptors (Lipinski definition) is 12. The van der Waals surface area contributed by atoms with Gasteiger partial charge in [0, 0.05) is 0 Å². The standard InChI is InChI=1S/C24H46O12P4/c1-9-29-37(25,30-10-2)23(38(26,31-11-3)32-12-4)21-17-19-22(20-18-21)24(39(27,33-13-5)34-14-6)40(28,35-15-7)36-16-8/h17-20,23-24H,9-16H2,1-8H3. The SMILES string of the molecule is CCOP(=O)(OCC)C(c1ccc(C(P(=O)(OCC)OCC)P(=O)(OCC)OCC)cc1)P(=O)(OCC)OCC. The van der Waals surface area contributed by atoms with Gasteiger partial charge in [-0.1, -0.05) is 24.3 Å². The monoisotopic (exact) mass is 650 g/mol. The van der Waals surface area contributed by atoms with Gasteiger partial charge < -0.3 is 36.2 Å². The van der Waals surface area contributed by atoms with Crippen molar-refractivity contribution in [1.82, 2.24) is 0 Å². The van der Waals surface area contributed by atoms with Gasteiger partial charge in [-0.15, -0.1) is 0 Å². The topological polar surface area (TPSA) is 142 Å². The molecule has 0 aliphatic heterocycles. The van der Waals surface area contributed by atoms with Gasteiger partial charge in [-0.25, -0.2) is 0 Å². The average Bonchev–Trinajstić information content (AvgIpc) is 2.86. The van der Waals surface area contributed by atoms with Crippen molar-refractivity contribution in [3.63, 3.8) is 0 Å². The van der Waals surface area contributed by atoms with Crippen molar-refractivity contribution in [2.24, 2.45) is 0 Å². The van der Waals surface area contributed by atoms with E-state index < -0.39 is 41.2 Å². The Morgan fingerprint density at radius 1 is 0.400 bits per heavy atom. The van der Waals surface area contributed by atoms with Crippen LogP contribution in [0.4, 0.5) is 0 Å². The number of rotatable bonds is 22. The summed E-state index contributed by atoms with van der Waals surface area (Å²) in [7, 11) is -16.4. The Bertz CT molecular complexity index is 881. The van der Waals surface area contributed by atoms with Crippen LogP contribution >= 0.6 is 30.4 Å². The third-order valence-corrected chi connectivity index (χ3v) is 17.1. The smallest absolute Gasteiger partial charge is 0.308 e. The van der Waals surface area contributed by atoms with Gasteiger partial charge in [-0.05, 0) is 66.5 Å². The summed E-state index contributed by atoms with van der Waals surface area (Å²) < 4.78 is 101.